The molecule has 0 amide bonds. The van der Waals surface area contributed by atoms with Crippen molar-refractivity contribution < 1.29 is 43.2 Å². The Morgan fingerprint density at radius 1 is 0.478 bits per heavy atom. The van der Waals surface area contributed by atoms with E-state index < -0.39 is 39.3 Å². The number of carbonyl (C=O) groups excluding carboxylic acids is 1. The van der Waals surface area contributed by atoms with Gasteiger partial charge in [-0.2, -0.15) is 31.6 Å². The van der Waals surface area contributed by atoms with Crippen LogP contribution < -0.4 is 52.3 Å². The number of ether oxygens (including phenoxy) is 4. The number of aliphatic carboxylic acids is 1. The number of ketones is 1. The van der Waals surface area contributed by atoms with Crippen LogP contribution in [0.25, 0.3) is 83.9 Å². The number of nitriles is 6. The number of nitrogens with zero attached hydrogens (tertiary/aromatic N) is 7. The zero-order valence-corrected chi connectivity index (χ0v) is 78.5. The summed E-state index contributed by atoms with van der Waals surface area (Å²) in [6, 6.07) is 46.2. The van der Waals surface area contributed by atoms with E-state index in [1.54, 1.807) is 116 Å². The van der Waals surface area contributed by atoms with Crippen molar-refractivity contribution in [1.29, 1.82) is 31.6 Å². The Morgan fingerprint density at radius 2 is 0.882 bits per heavy atom. The van der Waals surface area contributed by atoms with Gasteiger partial charge in [-0.05, 0) is 214 Å². The molecule has 0 unspecified atom stereocenters. The second kappa shape index (κ2) is 52.4. The molecule has 0 fully saturated rings. The zero-order chi connectivity index (χ0) is 99.1. The molecule has 0 aliphatic rings. The van der Waals surface area contributed by atoms with Crippen molar-refractivity contribution in [2.45, 2.75) is 45.4 Å². The number of pyridine rings is 1. The van der Waals surface area contributed by atoms with Gasteiger partial charge in [-0.25, -0.2) is 0 Å². The summed E-state index contributed by atoms with van der Waals surface area (Å²) in [4.78, 5) is 128. The number of Topliss-reactive ketones (excluding diaryl/α,β-unsaturated/α-hetero) is 1. The smallest absolute Gasteiger partial charge is 0.313 e. The highest BCUT2D eigenvalue weighted by Crippen LogP contribution is 2.34. The molecule has 0 bridgehead atoms. The number of hydrogen-bond acceptors (Lipinski definition) is 28. The van der Waals surface area contributed by atoms with Gasteiger partial charge < -0.3 is 63.5 Å². The largest absolute Gasteiger partial charge is 0.513 e. The summed E-state index contributed by atoms with van der Waals surface area (Å²) in [6.07, 6.45) is 24.5. The van der Waals surface area contributed by atoms with Crippen LogP contribution in [-0.2, 0) is 16.0 Å². The van der Waals surface area contributed by atoms with E-state index in [1.165, 1.54) is 37.4 Å². The average Bonchev–Trinajstić information content (AvgIpc) is 1.68. The highest BCUT2D eigenvalue weighted by molar-refractivity contribution is 8.00. The fourth-order valence-electron chi connectivity index (χ4n) is 11.7. The number of methoxy groups -OCH3 is 1. The Labute approximate surface area is 811 Å². The van der Waals surface area contributed by atoms with Gasteiger partial charge in [0.1, 0.15) is 99.2 Å². The van der Waals surface area contributed by atoms with E-state index in [0.29, 0.717) is 74.2 Å². The van der Waals surface area contributed by atoms with Crippen LogP contribution in [0, 0.1) is 104 Å². The number of para-hydroxylation sites is 2. The van der Waals surface area contributed by atoms with E-state index in [4.69, 9.17) is 145 Å². The van der Waals surface area contributed by atoms with Gasteiger partial charge in [-0.15, -0.1) is 11.8 Å². The number of fused-ring (bicyclic) bond motifs is 1. The van der Waals surface area contributed by atoms with Gasteiger partial charge in [0.15, 0.2) is 45.9 Å². The number of aryl methyl sites for hydroxylation is 2. The molecule has 0 aliphatic carbocycles. The number of H-pyrrole nitrogens is 12. The lowest BCUT2D eigenvalue weighted by atomic mass is 10.1. The molecule has 13 aromatic rings. The maximum atomic E-state index is 11.8. The minimum absolute atomic E-state index is 0.000370. The van der Waals surface area contributed by atoms with Crippen LogP contribution in [0.5, 0.6) is 23.0 Å². The van der Waals surface area contributed by atoms with Crippen LogP contribution in [0.2, 0.25) is 5.02 Å². The van der Waals surface area contributed by atoms with Gasteiger partial charge in [0.2, 0.25) is 0 Å². The molecule has 42 heteroatoms. The van der Waals surface area contributed by atoms with Gasteiger partial charge in [0.25, 0.3) is 33.4 Å². The van der Waals surface area contributed by atoms with Crippen molar-refractivity contribution in [3.63, 3.8) is 0 Å². The van der Waals surface area contributed by atoms with Crippen molar-refractivity contribution in [3.05, 3.63) is 348 Å². The minimum Gasteiger partial charge on any atom is -0.513 e. The second-order valence-corrected chi connectivity index (χ2v) is 31.2. The Hall–Kier alpha value is -16.7. The van der Waals surface area contributed by atoms with E-state index in [0.717, 1.165) is 50.3 Å². The first-order chi connectivity index (χ1) is 65.2. The van der Waals surface area contributed by atoms with E-state index in [1.807, 2.05) is 117 Å². The SMILES string of the molecule is C=C(O)CCOc1c(/C=C/c2[nH]c(=S)[nH]c(=O)c2C#N)cccc1OC.CC(=O)COc1c(Cl)cccc1/C=C/c1[nH]c(=S)[nH]c(=O)c1C#N.CCOc1ccncc1/C=C/c1[nH]c(=S)[nH]c(=O)c1C#N.CCc1cccc(/C=C/c2[nH]c(=S)[nH]c(=O)c2C#N)c1.Cc1cc2c(/C=C/c3[nH]c(=S)[nH]c(=O)c3C#N)cccc2o1.N#Cc1c(/C=C/c2ccccc2SCC(=O)O)[nH]c(=S)[nH]c1=O. The molecule has 8 heterocycles. The molecular formula is C94H76ClN19O15S7. The molecule has 0 atom stereocenters. The van der Waals surface area contributed by atoms with Crippen molar-refractivity contribution >= 4 is 192 Å². The monoisotopic (exact) mass is 1970 g/mol. The van der Waals surface area contributed by atoms with Crippen LogP contribution in [0.15, 0.2) is 178 Å². The van der Waals surface area contributed by atoms with Gasteiger partial charge in [0, 0.05) is 45.8 Å². The number of halogens is 1. The Bertz CT molecular complexity index is 7970. The molecule has 686 valence electrons. The number of thioether (sulfide) groups is 1. The fourth-order valence-corrected chi connectivity index (χ4v) is 13.9. The topological polar surface area (TPSA) is 572 Å². The van der Waals surface area contributed by atoms with E-state index in [2.05, 4.69) is 90.4 Å². The third-order valence-corrected chi connectivity index (χ3v) is 20.4. The number of carboxylic acid groups (broad SMARTS) is 1. The predicted octanol–water partition coefficient (Wildman–Crippen LogP) is 17.9. The number of aliphatic hydroxyl groups excluding tert-OH is 1. The highest BCUT2D eigenvalue weighted by Gasteiger charge is 2.16. The first-order valence-corrected chi connectivity index (χ1v) is 43.4. The summed E-state index contributed by atoms with van der Waals surface area (Å²) in [6.45, 7) is 11.3. The third-order valence-electron chi connectivity index (χ3n) is 17.8. The van der Waals surface area contributed by atoms with Crippen LogP contribution >= 0.6 is 96.7 Å². The molecule has 34 nitrogen and oxygen atoms in total. The van der Waals surface area contributed by atoms with Crippen molar-refractivity contribution in [2.24, 2.45) is 0 Å². The first kappa shape index (κ1) is 105. The number of aromatic amines is 12. The summed E-state index contributed by atoms with van der Waals surface area (Å²) in [5, 5.41) is 73.7. The maximum absolute atomic E-state index is 11.8. The van der Waals surface area contributed by atoms with E-state index in [-0.39, 0.29) is 105 Å². The van der Waals surface area contributed by atoms with Gasteiger partial charge in [0.05, 0.1) is 71.0 Å². The second-order valence-electron chi connectivity index (χ2n) is 27.3. The Morgan fingerprint density at radius 3 is 1.32 bits per heavy atom. The van der Waals surface area contributed by atoms with Crippen molar-refractivity contribution in [1.82, 2.24) is 64.8 Å². The number of hydrogen-bond donors (Lipinski definition) is 14. The molecule has 0 radical (unpaired) electrons. The highest BCUT2D eigenvalue weighted by atomic mass is 35.5. The normalized spacial score (nSPS) is 10.6. The third kappa shape index (κ3) is 31.0. The molecule has 0 spiro atoms. The lowest BCUT2D eigenvalue weighted by Gasteiger charge is -2.13. The van der Waals surface area contributed by atoms with Crippen LogP contribution in [-0.4, -0.2) is 119 Å². The lowest BCUT2D eigenvalue weighted by Crippen LogP contribution is -2.13. The summed E-state index contributed by atoms with van der Waals surface area (Å²) in [5.74, 6) is 1.73. The average molecular weight is 1970 g/mol. The molecule has 136 heavy (non-hydrogen) atoms. The van der Waals surface area contributed by atoms with Crippen LogP contribution in [0.1, 0.15) is 139 Å². The molecule has 14 N–H and O–H groups in total. The van der Waals surface area contributed by atoms with E-state index >= 15 is 0 Å². The van der Waals surface area contributed by atoms with Gasteiger partial charge >= 0.3 is 5.97 Å². The first-order valence-electron chi connectivity index (χ1n) is 39.6. The number of rotatable bonds is 26. The van der Waals surface area contributed by atoms with Gasteiger partial charge in [-0.1, -0.05) is 122 Å². The van der Waals surface area contributed by atoms with Gasteiger partial charge in [-0.3, -0.25) is 73.2 Å². The number of aliphatic hydroxyl groups is 1. The number of carbonyl (C=O) groups is 2. The summed E-state index contributed by atoms with van der Waals surface area (Å²) < 4.78 is 28.4. The lowest BCUT2D eigenvalue weighted by molar-refractivity contribution is -0.134. The summed E-state index contributed by atoms with van der Waals surface area (Å²) in [5.41, 5.74) is 5.35. The number of aromatic nitrogens is 13. The fraction of sp³-hybridized carbons (Fsp3) is 0.117. The predicted molar refractivity (Wildman–Crippen MR) is 535 cm³/mol. The number of benzene rings is 5. The zero-order valence-electron chi connectivity index (χ0n) is 72.1. The Kier molecular flexibility index (Phi) is 40.3. The summed E-state index contributed by atoms with van der Waals surface area (Å²) in [7, 11) is 1.52. The maximum Gasteiger partial charge on any atom is 0.313 e. The minimum atomic E-state index is -0.903. The molecule has 8 aromatic heterocycles. The molecular weight excluding hydrogens is 1900 g/mol. The van der Waals surface area contributed by atoms with Crippen molar-refractivity contribution in [2.75, 3.05) is 32.7 Å². The standard InChI is InChI=1S/C18H17N3O4S.C16H12ClN3O3S.C16H11N3O2S.C15H11N3O3S2.C15H13N3OS.C14H12N4O2S/c1-11(22)8-9-25-16-12(4-3-5-15(16)24-2)6-7-14-13(10-19)17(23)21-18(26)20-14;1-9(21)8-23-14-10(3-2-4-12(14)17)5-6-13-11(7-18)15(22)20-16(24)19-13;1-9-7-11-10(3-2-4-14(11)21-9)5-6-13-12(8-17)15(20)19-16(22)18-13;16-7-10-11(17-15(22)18-14(10)21)6-5-9-3-1-2-4-12(9)23-8-13(19)20;1-2-10-4-3-5-11(8-10)6-7-13-12(9-16)14(19)18-15(20)17-13;1-2-20-12-5-6-16-8-9(12)3-4-11-10(7-15)13(19)18-14(21)17-11/h3-7,22H,1,8-9H2,2H3,(H2,20,21,23,26);2-6H,8H2,1H3,(H2,19,20,22,24);2-7H,1H3,(H2,18,19,20,22);1-6H,8H2,(H,19,20)(H2,17,18,21,22);3-8H,2H2,1H3,(H2,17,18,19,20);3-6,8H,2H2,1H3,(H2,17,18,19,21)/b7-6+;3*6-5+;7-6+;4-3+. The number of carboxylic acids is 1. The Balaban J connectivity index is 0.000000201. The van der Waals surface area contributed by atoms with E-state index in [9.17, 15) is 43.5 Å². The van der Waals surface area contributed by atoms with Crippen molar-refractivity contribution in [3.8, 4) is 59.4 Å². The van der Waals surface area contributed by atoms with Crippen LogP contribution in [0.3, 0.4) is 0 Å². The summed E-state index contributed by atoms with van der Waals surface area (Å²) >= 11 is 36.8. The van der Waals surface area contributed by atoms with Crippen LogP contribution in [0.4, 0.5) is 0 Å². The molecule has 5 aromatic carbocycles. The molecule has 0 saturated carbocycles. The quantitative estimate of drug-likeness (QED) is 0.0136. The number of nitrogens with one attached hydrogen (secondary N) is 12. The number of furan rings is 1. The molecule has 13 rings (SSSR count). The molecule has 0 aliphatic heterocycles. The molecule has 0 saturated heterocycles.